The van der Waals surface area contributed by atoms with Crippen LogP contribution in [0.3, 0.4) is 0 Å². The predicted molar refractivity (Wildman–Crippen MR) is 115 cm³/mol. The Balaban J connectivity index is 1.27. The van der Waals surface area contributed by atoms with Gasteiger partial charge in [0.1, 0.15) is 29.8 Å². The molecule has 1 fully saturated rings. The Bertz CT molecular complexity index is 1300. The molecule has 3 aromatic heterocycles. The molecular weight excluding hydrogens is 421 g/mol. The minimum Gasteiger partial charge on any atom is -0.383 e. The number of benzene rings is 1. The van der Waals surface area contributed by atoms with E-state index in [4.69, 9.17) is 16.2 Å². The van der Waals surface area contributed by atoms with E-state index < -0.39 is 17.6 Å². The Morgan fingerprint density at radius 2 is 1.91 bits per heavy atom. The normalized spacial score (nSPS) is 19.2. The first kappa shape index (κ1) is 20.5. The number of hydrogen-bond donors (Lipinski definition) is 2. The summed E-state index contributed by atoms with van der Waals surface area (Å²) < 4.78 is 47.3. The summed E-state index contributed by atoms with van der Waals surface area (Å²) in [5.74, 6) is -0.0660. The summed E-state index contributed by atoms with van der Waals surface area (Å²) >= 11 is 0. The second kappa shape index (κ2) is 7.63. The van der Waals surface area contributed by atoms with Crippen molar-refractivity contribution in [2.24, 2.45) is 0 Å². The Morgan fingerprint density at radius 1 is 1.06 bits per heavy atom. The van der Waals surface area contributed by atoms with Crippen LogP contribution in [-0.4, -0.2) is 25.6 Å². The highest BCUT2D eigenvalue weighted by Crippen LogP contribution is 2.36. The summed E-state index contributed by atoms with van der Waals surface area (Å²) in [6, 6.07) is 8.20. The van der Waals surface area contributed by atoms with Gasteiger partial charge in [-0.3, -0.25) is 0 Å². The van der Waals surface area contributed by atoms with Gasteiger partial charge in [-0.05, 0) is 49.4 Å². The molecule has 0 spiro atoms. The predicted octanol–water partition coefficient (Wildman–Crippen LogP) is 4.47. The van der Waals surface area contributed by atoms with E-state index in [1.165, 1.54) is 6.33 Å². The van der Waals surface area contributed by atoms with Crippen molar-refractivity contribution in [2.75, 3.05) is 11.5 Å². The molecule has 10 heteroatoms. The number of aromatic nitrogens is 4. The standard InChI is InChI=1S/C22H21F3N6O/c23-22(24,25)16-10-13-3-1-12(9-17(13)30-20(16)27)2-4-14-5-6-18(32-14)31-8-7-15-19(26)28-11-29-21(15)31/h1,3,7-11,14,18H,2,4-6H2,(H2,27,30)(H2,26,28,29)/t14-,18-/m1/s1. The summed E-state index contributed by atoms with van der Waals surface area (Å²) in [7, 11) is 0. The van der Waals surface area contributed by atoms with E-state index in [1.807, 2.05) is 22.9 Å². The number of fused-ring (bicyclic) bond motifs is 2. The van der Waals surface area contributed by atoms with E-state index >= 15 is 0 Å². The number of halogens is 3. The number of alkyl halides is 3. The lowest BCUT2D eigenvalue weighted by atomic mass is 10.0. The number of rotatable bonds is 4. The fourth-order valence-corrected chi connectivity index (χ4v) is 4.26. The van der Waals surface area contributed by atoms with Crippen LogP contribution in [-0.2, 0) is 17.3 Å². The molecule has 0 saturated carbocycles. The Morgan fingerprint density at radius 3 is 2.72 bits per heavy atom. The first-order chi connectivity index (χ1) is 15.3. The summed E-state index contributed by atoms with van der Waals surface area (Å²) in [5, 5.41) is 1.21. The zero-order valence-electron chi connectivity index (χ0n) is 17.0. The van der Waals surface area contributed by atoms with Crippen LogP contribution in [0.1, 0.15) is 36.6 Å². The topological polar surface area (TPSA) is 105 Å². The van der Waals surface area contributed by atoms with Crippen molar-refractivity contribution in [3.63, 3.8) is 0 Å². The fraction of sp³-hybridized carbons (Fsp3) is 0.318. The summed E-state index contributed by atoms with van der Waals surface area (Å²) in [6.45, 7) is 0. The lowest BCUT2D eigenvalue weighted by Gasteiger charge is -2.16. The van der Waals surface area contributed by atoms with Gasteiger partial charge in [-0.2, -0.15) is 13.2 Å². The molecule has 4 heterocycles. The molecule has 32 heavy (non-hydrogen) atoms. The molecule has 2 atom stereocenters. The zero-order valence-corrected chi connectivity index (χ0v) is 17.0. The number of aryl methyl sites for hydroxylation is 1. The van der Waals surface area contributed by atoms with Crippen molar-refractivity contribution in [2.45, 2.75) is 44.2 Å². The van der Waals surface area contributed by atoms with Crippen LogP contribution in [0.2, 0.25) is 0 Å². The Hall–Kier alpha value is -3.40. The van der Waals surface area contributed by atoms with Crippen molar-refractivity contribution in [1.82, 2.24) is 19.5 Å². The van der Waals surface area contributed by atoms with Crippen molar-refractivity contribution < 1.29 is 17.9 Å². The molecule has 4 aromatic rings. The van der Waals surface area contributed by atoms with E-state index in [0.717, 1.165) is 48.3 Å². The van der Waals surface area contributed by atoms with Crippen molar-refractivity contribution in [3.05, 3.63) is 54.0 Å². The summed E-state index contributed by atoms with van der Waals surface area (Å²) in [6.07, 6.45) is 2.04. The largest absolute Gasteiger partial charge is 0.419 e. The van der Waals surface area contributed by atoms with Gasteiger partial charge < -0.3 is 20.8 Å². The summed E-state index contributed by atoms with van der Waals surface area (Å²) in [4.78, 5) is 12.3. The molecule has 0 aliphatic carbocycles. The number of anilines is 2. The Labute approximate surface area is 181 Å². The van der Waals surface area contributed by atoms with Gasteiger partial charge >= 0.3 is 6.18 Å². The SMILES string of the molecule is Nc1nc2cc(CC[C@@H]3CC[C@H](n4ccc5c(N)ncnc54)O3)ccc2cc1C(F)(F)F. The third-order valence-corrected chi connectivity index (χ3v) is 5.91. The van der Waals surface area contributed by atoms with Crippen LogP contribution >= 0.6 is 0 Å². The molecule has 7 nitrogen and oxygen atoms in total. The molecule has 1 aliphatic rings. The van der Waals surface area contributed by atoms with Gasteiger partial charge in [0.2, 0.25) is 0 Å². The van der Waals surface area contributed by atoms with E-state index in [0.29, 0.717) is 16.7 Å². The van der Waals surface area contributed by atoms with Crippen molar-refractivity contribution in [3.8, 4) is 0 Å². The second-order valence-corrected chi connectivity index (χ2v) is 7.99. The average Bonchev–Trinajstić information content (AvgIpc) is 3.38. The minimum atomic E-state index is -4.52. The maximum atomic E-state index is 13.0. The lowest BCUT2D eigenvalue weighted by Crippen LogP contribution is -2.12. The van der Waals surface area contributed by atoms with Crippen LogP contribution in [0.25, 0.3) is 21.9 Å². The zero-order chi connectivity index (χ0) is 22.5. The third kappa shape index (κ3) is 3.70. The van der Waals surface area contributed by atoms with Gasteiger partial charge in [0.05, 0.1) is 22.6 Å². The Kier molecular flexibility index (Phi) is 4.89. The van der Waals surface area contributed by atoms with Crippen LogP contribution in [0.5, 0.6) is 0 Å². The number of ether oxygens (including phenoxy) is 1. The molecule has 1 aliphatic heterocycles. The van der Waals surface area contributed by atoms with Gasteiger partial charge in [0.25, 0.3) is 0 Å². The molecule has 0 radical (unpaired) electrons. The first-order valence-corrected chi connectivity index (χ1v) is 10.3. The molecule has 1 aromatic carbocycles. The maximum Gasteiger partial charge on any atom is 0.419 e. The van der Waals surface area contributed by atoms with Crippen LogP contribution in [0.4, 0.5) is 24.8 Å². The van der Waals surface area contributed by atoms with Crippen molar-refractivity contribution >= 4 is 33.6 Å². The quantitative estimate of drug-likeness (QED) is 0.483. The smallest absolute Gasteiger partial charge is 0.383 e. The van der Waals surface area contributed by atoms with Gasteiger partial charge in [-0.25, -0.2) is 15.0 Å². The number of pyridine rings is 1. The van der Waals surface area contributed by atoms with Crippen LogP contribution in [0.15, 0.2) is 42.9 Å². The second-order valence-electron chi connectivity index (χ2n) is 7.99. The maximum absolute atomic E-state index is 13.0. The highest BCUT2D eigenvalue weighted by molar-refractivity contribution is 5.86. The van der Waals surface area contributed by atoms with Crippen molar-refractivity contribution in [1.29, 1.82) is 0 Å². The lowest BCUT2D eigenvalue weighted by molar-refractivity contribution is -0.137. The molecule has 0 amide bonds. The molecule has 5 rings (SSSR count). The van der Waals surface area contributed by atoms with Gasteiger partial charge in [0.15, 0.2) is 0 Å². The molecule has 0 bridgehead atoms. The molecular formula is C22H21F3N6O. The molecule has 1 saturated heterocycles. The number of nitrogens with two attached hydrogens (primary N) is 2. The van der Waals surface area contributed by atoms with Gasteiger partial charge in [-0.15, -0.1) is 0 Å². The van der Waals surface area contributed by atoms with Crippen LogP contribution < -0.4 is 11.5 Å². The first-order valence-electron chi connectivity index (χ1n) is 10.3. The highest BCUT2D eigenvalue weighted by atomic mass is 19.4. The van der Waals surface area contributed by atoms with Gasteiger partial charge in [0, 0.05) is 11.6 Å². The number of nitrogen functional groups attached to an aromatic ring is 2. The van der Waals surface area contributed by atoms with Gasteiger partial charge in [-0.1, -0.05) is 12.1 Å². The molecule has 4 N–H and O–H groups in total. The molecule has 166 valence electrons. The summed E-state index contributed by atoms with van der Waals surface area (Å²) in [5.41, 5.74) is 12.7. The van der Waals surface area contributed by atoms with E-state index in [9.17, 15) is 13.2 Å². The fourth-order valence-electron chi connectivity index (χ4n) is 4.26. The molecule has 0 unspecified atom stereocenters. The van der Waals surface area contributed by atoms with E-state index in [2.05, 4.69) is 15.0 Å². The van der Waals surface area contributed by atoms with E-state index in [1.54, 1.807) is 12.1 Å². The monoisotopic (exact) mass is 442 g/mol. The highest BCUT2D eigenvalue weighted by Gasteiger charge is 2.34. The average molecular weight is 442 g/mol. The van der Waals surface area contributed by atoms with Crippen LogP contribution in [0, 0.1) is 0 Å². The van der Waals surface area contributed by atoms with E-state index in [-0.39, 0.29) is 12.3 Å². The number of nitrogens with zero attached hydrogens (tertiary/aromatic N) is 4. The number of hydrogen-bond acceptors (Lipinski definition) is 6. The third-order valence-electron chi connectivity index (χ3n) is 5.91. The minimum absolute atomic E-state index is 0.0676.